The van der Waals surface area contributed by atoms with E-state index in [0.717, 1.165) is 19.3 Å². The highest BCUT2D eigenvalue weighted by Gasteiger charge is 2.27. The van der Waals surface area contributed by atoms with Gasteiger partial charge >= 0.3 is 0 Å². The molecule has 0 aromatic rings. The number of hydrogen-bond donors (Lipinski definition) is 1. The van der Waals surface area contributed by atoms with E-state index in [0.29, 0.717) is 13.1 Å². The van der Waals surface area contributed by atoms with Crippen molar-refractivity contribution in [3.05, 3.63) is 0 Å². The molecule has 1 fully saturated rings. The number of rotatable bonds is 2. The Morgan fingerprint density at radius 2 is 1.57 bits per heavy atom. The predicted molar refractivity (Wildman–Crippen MR) is 57.2 cm³/mol. The minimum Gasteiger partial charge on any atom is -0.197 e. The molecule has 1 aliphatic heterocycles. The maximum absolute atomic E-state index is 11.8. The van der Waals surface area contributed by atoms with Gasteiger partial charge in [0.2, 0.25) is 0 Å². The zero-order valence-corrected chi connectivity index (χ0v) is 10.0. The van der Waals surface area contributed by atoms with Crippen molar-refractivity contribution in [3.8, 4) is 0 Å². The van der Waals surface area contributed by atoms with E-state index in [4.69, 9.17) is 0 Å². The van der Waals surface area contributed by atoms with Gasteiger partial charge in [0.25, 0.3) is 10.2 Å². The minimum atomic E-state index is -3.26. The van der Waals surface area contributed by atoms with Crippen molar-refractivity contribution in [1.82, 2.24) is 9.03 Å². The van der Waals surface area contributed by atoms with E-state index in [1.807, 2.05) is 20.8 Å². The van der Waals surface area contributed by atoms with Crippen LogP contribution in [0.3, 0.4) is 0 Å². The lowest BCUT2D eigenvalue weighted by Crippen LogP contribution is -2.50. The number of hydrogen-bond acceptors (Lipinski definition) is 2. The van der Waals surface area contributed by atoms with Gasteiger partial charge < -0.3 is 0 Å². The van der Waals surface area contributed by atoms with Crippen LogP contribution in [0.2, 0.25) is 0 Å². The Bertz CT molecular complexity index is 274. The molecule has 0 unspecified atom stereocenters. The average molecular weight is 220 g/mol. The van der Waals surface area contributed by atoms with Crippen LogP contribution in [0.25, 0.3) is 0 Å². The van der Waals surface area contributed by atoms with Crippen molar-refractivity contribution in [2.75, 3.05) is 13.1 Å². The second-order valence-corrected chi connectivity index (χ2v) is 6.49. The largest absolute Gasteiger partial charge is 0.279 e. The normalized spacial score (nSPS) is 21.1. The second kappa shape index (κ2) is 4.16. The van der Waals surface area contributed by atoms with Crippen LogP contribution in [0.1, 0.15) is 40.0 Å². The van der Waals surface area contributed by atoms with Crippen LogP contribution in [-0.2, 0) is 10.2 Å². The number of nitrogens with one attached hydrogen (secondary N) is 1. The fourth-order valence-electron chi connectivity index (χ4n) is 1.56. The van der Waals surface area contributed by atoms with Crippen LogP contribution >= 0.6 is 0 Å². The van der Waals surface area contributed by atoms with Gasteiger partial charge in [-0.05, 0) is 33.6 Å². The van der Waals surface area contributed by atoms with Gasteiger partial charge in [0.1, 0.15) is 0 Å². The zero-order chi connectivity index (χ0) is 10.8. The first kappa shape index (κ1) is 11.9. The first-order valence-electron chi connectivity index (χ1n) is 5.10. The van der Waals surface area contributed by atoms with Crippen LogP contribution in [0.4, 0.5) is 0 Å². The molecule has 0 amide bonds. The van der Waals surface area contributed by atoms with Gasteiger partial charge in [-0.2, -0.15) is 17.4 Å². The Hall–Kier alpha value is -0.130. The van der Waals surface area contributed by atoms with Gasteiger partial charge in [0, 0.05) is 18.6 Å². The lowest BCUT2D eigenvalue weighted by molar-refractivity contribution is 0.333. The highest BCUT2D eigenvalue weighted by atomic mass is 32.2. The highest BCUT2D eigenvalue weighted by molar-refractivity contribution is 7.87. The quantitative estimate of drug-likeness (QED) is 0.757. The monoisotopic (exact) mass is 220 g/mol. The van der Waals surface area contributed by atoms with Gasteiger partial charge in [-0.25, -0.2) is 0 Å². The van der Waals surface area contributed by atoms with Gasteiger partial charge in [-0.15, -0.1) is 0 Å². The Morgan fingerprint density at radius 1 is 1.07 bits per heavy atom. The van der Waals surface area contributed by atoms with E-state index >= 15 is 0 Å². The summed E-state index contributed by atoms with van der Waals surface area (Å²) in [5, 5.41) is 0. The molecule has 1 heterocycles. The van der Waals surface area contributed by atoms with Gasteiger partial charge in [0.15, 0.2) is 0 Å². The third-order valence-electron chi connectivity index (χ3n) is 2.09. The van der Waals surface area contributed by atoms with Crippen LogP contribution in [0.15, 0.2) is 0 Å². The molecule has 0 saturated carbocycles. The standard InChI is InChI=1S/C9H20N2O2S/c1-9(2,3)10-14(12,13)11-7-5-4-6-8-11/h10H,4-8H2,1-3H3. The van der Waals surface area contributed by atoms with Crippen molar-refractivity contribution in [3.63, 3.8) is 0 Å². The van der Waals surface area contributed by atoms with Crippen LogP contribution in [0, 0.1) is 0 Å². The lowest BCUT2D eigenvalue weighted by atomic mass is 10.1. The summed E-state index contributed by atoms with van der Waals surface area (Å²) in [7, 11) is -3.26. The second-order valence-electron chi connectivity index (χ2n) is 4.82. The Labute approximate surface area is 86.9 Å². The minimum absolute atomic E-state index is 0.393. The summed E-state index contributed by atoms with van der Waals surface area (Å²) in [5.41, 5.74) is -0.393. The molecule has 1 saturated heterocycles. The Morgan fingerprint density at radius 3 is 2.00 bits per heavy atom. The topological polar surface area (TPSA) is 49.4 Å². The van der Waals surface area contributed by atoms with Crippen molar-refractivity contribution in [2.45, 2.75) is 45.6 Å². The molecule has 84 valence electrons. The molecule has 5 heteroatoms. The summed E-state index contributed by atoms with van der Waals surface area (Å²) < 4.78 is 27.8. The third-order valence-corrected chi connectivity index (χ3v) is 4.01. The van der Waals surface area contributed by atoms with E-state index in [1.165, 1.54) is 0 Å². The lowest BCUT2D eigenvalue weighted by Gasteiger charge is -2.30. The van der Waals surface area contributed by atoms with Crippen molar-refractivity contribution < 1.29 is 8.42 Å². The highest BCUT2D eigenvalue weighted by Crippen LogP contribution is 2.13. The van der Waals surface area contributed by atoms with Gasteiger partial charge in [0.05, 0.1) is 0 Å². The predicted octanol–water partition coefficient (Wildman–Crippen LogP) is 1.11. The summed E-state index contributed by atoms with van der Waals surface area (Å²) in [6.07, 6.45) is 3.09. The molecule has 0 aromatic carbocycles. The van der Waals surface area contributed by atoms with E-state index in [1.54, 1.807) is 4.31 Å². The van der Waals surface area contributed by atoms with Crippen molar-refractivity contribution >= 4 is 10.2 Å². The maximum Gasteiger partial charge on any atom is 0.279 e. The van der Waals surface area contributed by atoms with Crippen LogP contribution < -0.4 is 4.72 Å². The van der Waals surface area contributed by atoms with Gasteiger partial charge in [-0.3, -0.25) is 0 Å². The summed E-state index contributed by atoms with van der Waals surface area (Å²) in [4.78, 5) is 0. The molecule has 14 heavy (non-hydrogen) atoms. The zero-order valence-electron chi connectivity index (χ0n) is 9.21. The molecule has 0 spiro atoms. The van der Waals surface area contributed by atoms with Crippen molar-refractivity contribution in [2.24, 2.45) is 0 Å². The number of piperidine rings is 1. The van der Waals surface area contributed by atoms with E-state index in [9.17, 15) is 8.42 Å². The van der Waals surface area contributed by atoms with Crippen LogP contribution in [0.5, 0.6) is 0 Å². The smallest absolute Gasteiger partial charge is 0.197 e. The molecular weight excluding hydrogens is 200 g/mol. The summed E-state index contributed by atoms with van der Waals surface area (Å²) in [5.74, 6) is 0. The molecule has 4 nitrogen and oxygen atoms in total. The molecule has 1 rings (SSSR count). The average Bonchev–Trinajstić information content (AvgIpc) is 2.01. The molecule has 0 aromatic heterocycles. The molecular formula is C9H20N2O2S. The fourth-order valence-corrected chi connectivity index (χ4v) is 3.20. The molecule has 0 radical (unpaired) electrons. The number of nitrogens with zero attached hydrogens (tertiary/aromatic N) is 1. The van der Waals surface area contributed by atoms with Crippen LogP contribution in [-0.4, -0.2) is 31.4 Å². The first-order chi connectivity index (χ1) is 6.31. The third kappa shape index (κ3) is 3.55. The summed E-state index contributed by atoms with van der Waals surface area (Å²) in [6, 6.07) is 0. The van der Waals surface area contributed by atoms with Gasteiger partial charge in [-0.1, -0.05) is 6.42 Å². The SMILES string of the molecule is CC(C)(C)NS(=O)(=O)N1CCCCC1. The van der Waals surface area contributed by atoms with E-state index in [2.05, 4.69) is 4.72 Å². The fraction of sp³-hybridized carbons (Fsp3) is 1.00. The first-order valence-corrected chi connectivity index (χ1v) is 6.54. The molecule has 0 bridgehead atoms. The van der Waals surface area contributed by atoms with E-state index in [-0.39, 0.29) is 0 Å². The Balaban J connectivity index is 2.64. The summed E-state index contributed by atoms with van der Waals surface area (Å²) in [6.45, 7) is 6.88. The van der Waals surface area contributed by atoms with E-state index < -0.39 is 15.7 Å². The molecule has 0 atom stereocenters. The Kier molecular flexibility index (Phi) is 3.55. The summed E-state index contributed by atoms with van der Waals surface area (Å²) >= 11 is 0. The van der Waals surface area contributed by atoms with Crippen molar-refractivity contribution in [1.29, 1.82) is 0 Å². The maximum atomic E-state index is 11.8. The molecule has 1 N–H and O–H groups in total. The molecule has 0 aliphatic carbocycles. The molecule has 1 aliphatic rings.